The first kappa shape index (κ1) is 18.2. The van der Waals surface area contributed by atoms with E-state index in [1.165, 1.54) is 0 Å². The Morgan fingerprint density at radius 1 is 1.26 bits per heavy atom. The molecule has 0 spiro atoms. The lowest BCUT2D eigenvalue weighted by atomic mass is 10.0. The molecule has 1 saturated heterocycles. The van der Waals surface area contributed by atoms with Gasteiger partial charge in [0, 0.05) is 25.5 Å². The van der Waals surface area contributed by atoms with E-state index in [1.807, 2.05) is 0 Å². The van der Waals surface area contributed by atoms with Gasteiger partial charge in [0.15, 0.2) is 0 Å². The van der Waals surface area contributed by atoms with Crippen LogP contribution in [-0.2, 0) is 4.79 Å². The van der Waals surface area contributed by atoms with Gasteiger partial charge in [-0.1, -0.05) is 0 Å². The van der Waals surface area contributed by atoms with Crippen LogP contribution >= 0.6 is 27.0 Å². The summed E-state index contributed by atoms with van der Waals surface area (Å²) >= 11 is 0. The average molecular weight is 303 g/mol. The fourth-order valence-corrected chi connectivity index (χ4v) is 2.05. The largest absolute Gasteiger partial charge is 0.386 e. The molecule has 19 heavy (non-hydrogen) atoms. The molecular weight excluding hydrogens is 282 g/mol. The zero-order chi connectivity index (χ0) is 12.3. The molecule has 1 aliphatic rings. The van der Waals surface area contributed by atoms with E-state index in [0.717, 1.165) is 25.9 Å². The molecular formula is C12H21N3O2S2. The van der Waals surface area contributed by atoms with E-state index in [9.17, 15) is 9.90 Å². The van der Waals surface area contributed by atoms with Crippen molar-refractivity contribution in [3.05, 3.63) is 30.1 Å². The summed E-state index contributed by atoms with van der Waals surface area (Å²) in [5.74, 6) is -0.174. The van der Waals surface area contributed by atoms with Crippen LogP contribution in [0.25, 0.3) is 0 Å². The maximum atomic E-state index is 12.0. The molecule has 108 valence electrons. The Hall–Kier alpha value is -0.760. The van der Waals surface area contributed by atoms with Crippen molar-refractivity contribution in [1.82, 2.24) is 9.88 Å². The van der Waals surface area contributed by atoms with E-state index < -0.39 is 12.1 Å². The highest BCUT2D eigenvalue weighted by Crippen LogP contribution is 2.18. The third-order valence-electron chi connectivity index (χ3n) is 3.09. The molecule has 2 rings (SSSR count). The van der Waals surface area contributed by atoms with Crippen LogP contribution in [0.1, 0.15) is 24.5 Å². The normalized spacial score (nSPS) is 17.1. The number of hydrogen-bond donors (Lipinski definition) is 2. The minimum absolute atomic E-state index is 0. The highest BCUT2D eigenvalue weighted by Gasteiger charge is 2.29. The molecule has 0 aromatic carbocycles. The molecule has 0 aliphatic carbocycles. The first-order chi connectivity index (χ1) is 8.20. The lowest BCUT2D eigenvalue weighted by Gasteiger charge is -2.23. The van der Waals surface area contributed by atoms with Gasteiger partial charge in [-0.3, -0.25) is 9.78 Å². The van der Waals surface area contributed by atoms with Gasteiger partial charge < -0.3 is 15.7 Å². The summed E-state index contributed by atoms with van der Waals surface area (Å²) in [5, 5.41) is 10.0. The number of nitrogens with two attached hydrogens (primary N) is 1. The average Bonchev–Trinajstić information content (AvgIpc) is 2.91. The second-order valence-corrected chi connectivity index (χ2v) is 4.28. The fraction of sp³-hybridized carbons (Fsp3) is 0.500. The van der Waals surface area contributed by atoms with E-state index in [0.29, 0.717) is 5.56 Å². The first-order valence-electron chi connectivity index (χ1n) is 5.82. The van der Waals surface area contributed by atoms with Gasteiger partial charge in [-0.25, -0.2) is 0 Å². The summed E-state index contributed by atoms with van der Waals surface area (Å²) in [5.41, 5.74) is 6.44. The van der Waals surface area contributed by atoms with Gasteiger partial charge in [-0.15, -0.1) is 0 Å². The number of hydrogen-bond acceptors (Lipinski definition) is 4. The van der Waals surface area contributed by atoms with E-state index in [4.69, 9.17) is 5.73 Å². The monoisotopic (exact) mass is 303 g/mol. The molecule has 2 heterocycles. The first-order valence-corrected chi connectivity index (χ1v) is 5.82. The summed E-state index contributed by atoms with van der Waals surface area (Å²) in [6.45, 7) is 1.49. The van der Waals surface area contributed by atoms with Crippen molar-refractivity contribution >= 4 is 32.9 Å². The van der Waals surface area contributed by atoms with Crippen molar-refractivity contribution in [2.75, 3.05) is 13.1 Å². The molecule has 0 radical (unpaired) electrons. The molecule has 0 unspecified atom stereocenters. The number of amides is 1. The van der Waals surface area contributed by atoms with Crippen molar-refractivity contribution in [2.45, 2.75) is 25.0 Å². The number of pyridine rings is 1. The van der Waals surface area contributed by atoms with Gasteiger partial charge in [-0.2, -0.15) is 27.0 Å². The zero-order valence-electron chi connectivity index (χ0n) is 10.6. The Bertz CT molecular complexity index is 386. The van der Waals surface area contributed by atoms with Crippen LogP contribution in [0.5, 0.6) is 0 Å². The quantitative estimate of drug-likeness (QED) is 0.841. The topological polar surface area (TPSA) is 79.5 Å². The third-order valence-corrected chi connectivity index (χ3v) is 3.09. The molecule has 7 heteroatoms. The molecule has 5 nitrogen and oxygen atoms in total. The van der Waals surface area contributed by atoms with E-state index in [1.54, 1.807) is 29.4 Å². The summed E-state index contributed by atoms with van der Waals surface area (Å²) in [6, 6.07) is 2.44. The highest BCUT2D eigenvalue weighted by atomic mass is 32.1. The Labute approximate surface area is 127 Å². The second-order valence-electron chi connectivity index (χ2n) is 4.28. The number of likely N-dealkylation sites (tertiary alicyclic amines) is 1. The van der Waals surface area contributed by atoms with Crippen molar-refractivity contribution < 1.29 is 9.90 Å². The molecule has 0 bridgehead atoms. The summed E-state index contributed by atoms with van der Waals surface area (Å²) in [6.07, 6.45) is 4.22. The van der Waals surface area contributed by atoms with Gasteiger partial charge in [0.2, 0.25) is 5.91 Å². The number of aliphatic hydroxyl groups excluding tert-OH is 1. The number of rotatable bonds is 3. The molecule has 1 aromatic heterocycles. The van der Waals surface area contributed by atoms with Gasteiger partial charge in [0.05, 0.1) is 0 Å². The van der Waals surface area contributed by atoms with Crippen molar-refractivity contribution in [1.29, 1.82) is 0 Å². The summed E-state index contributed by atoms with van der Waals surface area (Å²) in [4.78, 5) is 17.6. The minimum Gasteiger partial charge on any atom is -0.386 e. The summed E-state index contributed by atoms with van der Waals surface area (Å²) < 4.78 is 0. The third kappa shape index (κ3) is 4.38. The van der Waals surface area contributed by atoms with Crippen molar-refractivity contribution in [3.63, 3.8) is 0 Å². The predicted octanol–water partition coefficient (Wildman–Crippen LogP) is 0.290. The van der Waals surface area contributed by atoms with Gasteiger partial charge in [0.1, 0.15) is 12.1 Å². The smallest absolute Gasteiger partial charge is 0.242 e. The lowest BCUT2D eigenvalue weighted by molar-refractivity contribution is -0.134. The zero-order valence-corrected chi connectivity index (χ0v) is 12.6. The molecule has 3 N–H and O–H groups in total. The van der Waals surface area contributed by atoms with Crippen LogP contribution in [-0.4, -0.2) is 40.0 Å². The van der Waals surface area contributed by atoms with E-state index in [-0.39, 0.29) is 32.9 Å². The number of aliphatic hydroxyl groups is 1. The van der Waals surface area contributed by atoms with Crippen LogP contribution in [0.4, 0.5) is 0 Å². The minimum atomic E-state index is -0.967. The molecule has 0 saturated carbocycles. The lowest BCUT2D eigenvalue weighted by Crippen LogP contribution is -2.45. The van der Waals surface area contributed by atoms with Crippen molar-refractivity contribution in [2.24, 2.45) is 5.73 Å². The van der Waals surface area contributed by atoms with E-state index in [2.05, 4.69) is 4.98 Å². The van der Waals surface area contributed by atoms with Crippen LogP contribution < -0.4 is 5.73 Å². The Balaban J connectivity index is 0.00000162. The highest BCUT2D eigenvalue weighted by molar-refractivity contribution is 7.59. The Kier molecular flexibility index (Phi) is 8.08. The maximum absolute atomic E-state index is 12.0. The number of nitrogens with zero attached hydrogens (tertiary/aromatic N) is 2. The van der Waals surface area contributed by atoms with Crippen LogP contribution in [0.2, 0.25) is 0 Å². The maximum Gasteiger partial charge on any atom is 0.242 e. The summed E-state index contributed by atoms with van der Waals surface area (Å²) in [7, 11) is 0. The van der Waals surface area contributed by atoms with Crippen LogP contribution in [0.15, 0.2) is 24.5 Å². The molecule has 1 aromatic rings. The molecule has 1 fully saturated rings. The van der Waals surface area contributed by atoms with Crippen molar-refractivity contribution in [3.8, 4) is 0 Å². The standard InChI is InChI=1S/C12H17N3O2.2H2S/c13-10(12(17)15-7-1-2-8-15)11(16)9-3-5-14-6-4-9;;/h3-6,10-11,16H,1-2,7-8,13H2;2*1H2/t10-,11-;;/m0../s1. The number of carbonyl (C=O) groups excluding carboxylic acids is 1. The van der Waals surface area contributed by atoms with Crippen LogP contribution in [0.3, 0.4) is 0 Å². The van der Waals surface area contributed by atoms with Gasteiger partial charge >= 0.3 is 0 Å². The predicted molar refractivity (Wildman–Crippen MR) is 83.7 cm³/mol. The SMILES string of the molecule is N[C@H](C(=O)N1CCCC1)[C@@H](O)c1ccncc1.S.S. The molecule has 1 aliphatic heterocycles. The number of aromatic nitrogens is 1. The van der Waals surface area contributed by atoms with Gasteiger partial charge in [-0.05, 0) is 30.5 Å². The van der Waals surface area contributed by atoms with E-state index >= 15 is 0 Å². The Morgan fingerprint density at radius 2 is 1.79 bits per heavy atom. The second kappa shape index (κ2) is 8.42. The Morgan fingerprint density at radius 3 is 2.32 bits per heavy atom. The number of carbonyl (C=O) groups is 1. The molecule has 1 amide bonds. The molecule has 2 atom stereocenters. The fourth-order valence-electron chi connectivity index (χ4n) is 2.05. The van der Waals surface area contributed by atoms with Gasteiger partial charge in [0.25, 0.3) is 0 Å². The van der Waals surface area contributed by atoms with Crippen LogP contribution in [0, 0.1) is 0 Å².